The third-order valence-corrected chi connectivity index (χ3v) is 2.92. The standard InChI is InChI=1S/C14H12F3N/c1-14(18,10-4-2-3-5-12(10)16)11-7-6-9(15)8-13(11)17/h2-8H,18H2,1H3. The Balaban J connectivity index is 2.58. The van der Waals surface area contributed by atoms with Gasteiger partial charge < -0.3 is 5.73 Å². The van der Waals surface area contributed by atoms with Gasteiger partial charge in [-0.1, -0.05) is 24.3 Å². The smallest absolute Gasteiger partial charge is 0.131 e. The number of benzene rings is 2. The quantitative estimate of drug-likeness (QED) is 0.870. The van der Waals surface area contributed by atoms with Crippen LogP contribution in [0.2, 0.25) is 0 Å². The maximum Gasteiger partial charge on any atom is 0.131 e. The molecule has 0 fully saturated rings. The highest BCUT2D eigenvalue weighted by Crippen LogP contribution is 2.30. The summed E-state index contributed by atoms with van der Waals surface area (Å²) in [6, 6.07) is 8.95. The summed E-state index contributed by atoms with van der Waals surface area (Å²) < 4.78 is 40.3. The van der Waals surface area contributed by atoms with Gasteiger partial charge in [-0.25, -0.2) is 13.2 Å². The largest absolute Gasteiger partial charge is 0.318 e. The van der Waals surface area contributed by atoms with Gasteiger partial charge in [-0.2, -0.15) is 0 Å². The zero-order valence-corrected chi connectivity index (χ0v) is 9.75. The Bertz CT molecular complexity index is 579. The molecule has 1 unspecified atom stereocenters. The average molecular weight is 251 g/mol. The fraction of sp³-hybridized carbons (Fsp3) is 0.143. The van der Waals surface area contributed by atoms with Crippen molar-refractivity contribution in [1.82, 2.24) is 0 Å². The number of hydrogen-bond donors (Lipinski definition) is 1. The minimum atomic E-state index is -1.36. The molecule has 0 saturated carbocycles. The van der Waals surface area contributed by atoms with Crippen molar-refractivity contribution in [2.24, 2.45) is 5.73 Å². The second-order valence-electron chi connectivity index (χ2n) is 4.31. The Labute approximate surface area is 103 Å². The van der Waals surface area contributed by atoms with Crippen molar-refractivity contribution in [1.29, 1.82) is 0 Å². The van der Waals surface area contributed by atoms with Crippen LogP contribution in [0, 0.1) is 17.5 Å². The SMILES string of the molecule is CC(N)(c1ccccc1F)c1ccc(F)cc1F. The summed E-state index contributed by atoms with van der Waals surface area (Å²) in [6.07, 6.45) is 0. The summed E-state index contributed by atoms with van der Waals surface area (Å²) >= 11 is 0. The predicted molar refractivity (Wildman–Crippen MR) is 63.4 cm³/mol. The van der Waals surface area contributed by atoms with Crippen molar-refractivity contribution in [3.05, 3.63) is 71.0 Å². The lowest BCUT2D eigenvalue weighted by Gasteiger charge is -2.26. The van der Waals surface area contributed by atoms with Crippen molar-refractivity contribution < 1.29 is 13.2 Å². The van der Waals surface area contributed by atoms with Crippen molar-refractivity contribution in [3.63, 3.8) is 0 Å². The van der Waals surface area contributed by atoms with E-state index in [0.29, 0.717) is 0 Å². The minimum Gasteiger partial charge on any atom is -0.318 e. The van der Waals surface area contributed by atoms with E-state index < -0.39 is 23.0 Å². The molecule has 0 saturated heterocycles. The van der Waals surface area contributed by atoms with E-state index in [2.05, 4.69) is 0 Å². The van der Waals surface area contributed by atoms with Crippen LogP contribution < -0.4 is 5.73 Å². The first-order chi connectivity index (χ1) is 8.43. The van der Waals surface area contributed by atoms with Crippen molar-refractivity contribution >= 4 is 0 Å². The first-order valence-electron chi connectivity index (χ1n) is 5.42. The molecular formula is C14H12F3N. The van der Waals surface area contributed by atoms with Gasteiger partial charge in [0.15, 0.2) is 0 Å². The number of halogens is 3. The molecule has 0 spiro atoms. The first-order valence-corrected chi connectivity index (χ1v) is 5.42. The topological polar surface area (TPSA) is 26.0 Å². The zero-order chi connectivity index (χ0) is 13.3. The van der Waals surface area contributed by atoms with Crippen molar-refractivity contribution in [2.45, 2.75) is 12.5 Å². The molecule has 2 N–H and O–H groups in total. The van der Waals surface area contributed by atoms with Crippen LogP contribution in [0.15, 0.2) is 42.5 Å². The Kier molecular flexibility index (Phi) is 3.13. The maximum atomic E-state index is 13.7. The number of rotatable bonds is 2. The van der Waals surface area contributed by atoms with E-state index in [1.54, 1.807) is 6.07 Å². The Hall–Kier alpha value is -1.81. The molecule has 0 aromatic heterocycles. The summed E-state index contributed by atoms with van der Waals surface area (Å²) in [5.41, 5.74) is 4.86. The van der Waals surface area contributed by atoms with Gasteiger partial charge >= 0.3 is 0 Å². The summed E-state index contributed by atoms with van der Waals surface area (Å²) in [5, 5.41) is 0. The van der Waals surface area contributed by atoms with Crippen LogP contribution in [0.25, 0.3) is 0 Å². The molecule has 0 radical (unpaired) electrons. The molecule has 2 rings (SSSR count). The molecule has 18 heavy (non-hydrogen) atoms. The van der Waals surface area contributed by atoms with Gasteiger partial charge in [0.1, 0.15) is 17.5 Å². The van der Waals surface area contributed by atoms with Crippen LogP contribution in [-0.4, -0.2) is 0 Å². The molecule has 0 aliphatic rings. The van der Waals surface area contributed by atoms with Crippen LogP contribution in [0.1, 0.15) is 18.1 Å². The van der Waals surface area contributed by atoms with Crippen LogP contribution in [0.4, 0.5) is 13.2 Å². The molecule has 0 bridgehead atoms. The molecule has 0 amide bonds. The average Bonchev–Trinajstić information content (AvgIpc) is 2.28. The van der Waals surface area contributed by atoms with Crippen LogP contribution in [0.5, 0.6) is 0 Å². The summed E-state index contributed by atoms with van der Waals surface area (Å²) in [5.74, 6) is -2.00. The molecule has 2 aromatic carbocycles. The third kappa shape index (κ3) is 2.11. The highest BCUT2D eigenvalue weighted by molar-refractivity contribution is 5.38. The highest BCUT2D eigenvalue weighted by atomic mass is 19.1. The molecule has 1 atom stereocenters. The van der Waals surface area contributed by atoms with E-state index in [-0.39, 0.29) is 11.1 Å². The summed E-state index contributed by atoms with van der Waals surface area (Å²) in [6.45, 7) is 1.49. The Morgan fingerprint density at radius 1 is 0.889 bits per heavy atom. The van der Waals surface area contributed by atoms with Gasteiger partial charge in [-0.05, 0) is 19.1 Å². The summed E-state index contributed by atoms with van der Waals surface area (Å²) in [7, 11) is 0. The summed E-state index contributed by atoms with van der Waals surface area (Å²) in [4.78, 5) is 0. The molecule has 0 heterocycles. The van der Waals surface area contributed by atoms with Gasteiger partial charge in [-0.15, -0.1) is 0 Å². The molecule has 1 nitrogen and oxygen atoms in total. The fourth-order valence-corrected chi connectivity index (χ4v) is 1.94. The van der Waals surface area contributed by atoms with Gasteiger partial charge in [0.2, 0.25) is 0 Å². The lowest BCUT2D eigenvalue weighted by atomic mass is 9.85. The van der Waals surface area contributed by atoms with Gasteiger partial charge in [-0.3, -0.25) is 0 Å². The molecule has 0 aliphatic carbocycles. The monoisotopic (exact) mass is 251 g/mol. The van der Waals surface area contributed by atoms with E-state index in [1.807, 2.05) is 0 Å². The second kappa shape index (κ2) is 4.46. The van der Waals surface area contributed by atoms with E-state index in [1.165, 1.54) is 31.2 Å². The number of hydrogen-bond acceptors (Lipinski definition) is 1. The number of nitrogens with two attached hydrogens (primary N) is 1. The molecular weight excluding hydrogens is 239 g/mol. The van der Waals surface area contributed by atoms with Crippen LogP contribution in [-0.2, 0) is 5.54 Å². The van der Waals surface area contributed by atoms with Crippen LogP contribution in [0.3, 0.4) is 0 Å². The zero-order valence-electron chi connectivity index (χ0n) is 9.75. The van der Waals surface area contributed by atoms with E-state index >= 15 is 0 Å². The van der Waals surface area contributed by atoms with E-state index in [4.69, 9.17) is 5.73 Å². The van der Waals surface area contributed by atoms with Crippen molar-refractivity contribution in [3.8, 4) is 0 Å². The van der Waals surface area contributed by atoms with E-state index in [0.717, 1.165) is 12.1 Å². The molecule has 2 aromatic rings. The Morgan fingerprint density at radius 3 is 2.11 bits per heavy atom. The van der Waals surface area contributed by atoms with Gasteiger partial charge in [0, 0.05) is 17.2 Å². The maximum absolute atomic E-state index is 13.7. The normalized spacial score (nSPS) is 14.3. The lowest BCUT2D eigenvalue weighted by molar-refractivity contribution is 0.492. The third-order valence-electron chi connectivity index (χ3n) is 2.92. The van der Waals surface area contributed by atoms with Crippen molar-refractivity contribution in [2.75, 3.05) is 0 Å². The Morgan fingerprint density at radius 2 is 1.50 bits per heavy atom. The molecule has 4 heteroatoms. The van der Waals surface area contributed by atoms with Gasteiger partial charge in [0.25, 0.3) is 0 Å². The fourth-order valence-electron chi connectivity index (χ4n) is 1.94. The lowest BCUT2D eigenvalue weighted by Crippen LogP contribution is -2.36. The second-order valence-corrected chi connectivity index (χ2v) is 4.31. The first kappa shape index (κ1) is 12.6. The molecule has 94 valence electrons. The highest BCUT2D eigenvalue weighted by Gasteiger charge is 2.29. The minimum absolute atomic E-state index is 0.0500. The molecule has 0 aliphatic heterocycles. The van der Waals surface area contributed by atoms with Gasteiger partial charge in [0.05, 0.1) is 5.54 Å². The predicted octanol–water partition coefficient (Wildman–Crippen LogP) is 3.33. The van der Waals surface area contributed by atoms with Crippen LogP contribution >= 0.6 is 0 Å². The van der Waals surface area contributed by atoms with E-state index in [9.17, 15) is 13.2 Å².